The lowest BCUT2D eigenvalue weighted by Gasteiger charge is -2.41. The Morgan fingerprint density at radius 3 is 2.41 bits per heavy atom. The second kappa shape index (κ2) is 9.49. The molecule has 180 valence electrons. The van der Waals surface area contributed by atoms with Gasteiger partial charge in [0.1, 0.15) is 5.37 Å². The van der Waals surface area contributed by atoms with Crippen molar-refractivity contribution in [3.05, 3.63) is 22.9 Å². The summed E-state index contributed by atoms with van der Waals surface area (Å²) in [6.45, 7) is 3.83. The summed E-state index contributed by atoms with van der Waals surface area (Å²) >= 11 is 1.82. The Labute approximate surface area is 192 Å². The van der Waals surface area contributed by atoms with Gasteiger partial charge < -0.3 is 20.2 Å². The highest BCUT2D eigenvalue weighted by Gasteiger charge is 2.45. The van der Waals surface area contributed by atoms with E-state index in [4.69, 9.17) is 5.11 Å². The minimum atomic E-state index is -4.48. The number of piperidine rings is 1. The van der Waals surface area contributed by atoms with E-state index in [1.165, 1.54) is 25.0 Å². The molecule has 3 fully saturated rings. The van der Waals surface area contributed by atoms with E-state index < -0.39 is 24.6 Å². The summed E-state index contributed by atoms with van der Waals surface area (Å²) in [7, 11) is 0. The number of hydrogen-bond donors (Lipinski definition) is 2. The molecule has 1 spiro atoms. The molecule has 2 saturated heterocycles. The first kappa shape index (κ1) is 23.8. The Hall–Kier alpha value is -1.35. The molecule has 0 bridgehead atoms. The van der Waals surface area contributed by atoms with Gasteiger partial charge in [0, 0.05) is 44.0 Å². The number of amides is 1. The number of carbonyl (C=O) groups excluding carboxylic acids is 1. The molecule has 3 atom stereocenters. The van der Waals surface area contributed by atoms with Crippen LogP contribution < -0.4 is 5.32 Å². The fourth-order valence-corrected chi connectivity index (χ4v) is 6.43. The van der Waals surface area contributed by atoms with Crippen molar-refractivity contribution in [2.75, 3.05) is 32.8 Å². The topological polar surface area (TPSA) is 55.8 Å². The largest absolute Gasteiger partial charge is 0.396 e. The number of hydrogen-bond acceptors (Lipinski definition) is 5. The van der Waals surface area contributed by atoms with Crippen LogP contribution in [-0.2, 0) is 4.79 Å². The molecule has 1 amide bonds. The fourth-order valence-electron chi connectivity index (χ4n) is 5.51. The van der Waals surface area contributed by atoms with Crippen molar-refractivity contribution in [2.24, 2.45) is 17.3 Å². The van der Waals surface area contributed by atoms with Gasteiger partial charge in [0.05, 0.1) is 12.5 Å². The summed E-state index contributed by atoms with van der Waals surface area (Å²) in [6.07, 6.45) is 3.73. The molecule has 32 heavy (non-hydrogen) atoms. The van der Waals surface area contributed by atoms with Crippen LogP contribution in [0, 0.1) is 17.3 Å². The molecule has 5 nitrogen and oxygen atoms in total. The monoisotopic (exact) mass is 473 g/mol. The number of rotatable bonds is 6. The van der Waals surface area contributed by atoms with Gasteiger partial charge in [0.2, 0.25) is 5.91 Å². The molecule has 0 radical (unpaired) electrons. The highest BCUT2D eigenvalue weighted by molar-refractivity contribution is 8.03. The highest BCUT2D eigenvalue weighted by atomic mass is 32.2. The molecule has 4 rings (SSSR count). The molecular weight excluding hydrogens is 439 g/mol. The first-order chi connectivity index (χ1) is 15.2. The van der Waals surface area contributed by atoms with Crippen LogP contribution in [0.15, 0.2) is 22.9 Å². The van der Waals surface area contributed by atoms with Gasteiger partial charge >= 0.3 is 6.18 Å². The third-order valence-corrected chi connectivity index (χ3v) is 8.68. The van der Waals surface area contributed by atoms with Crippen LogP contribution in [0.5, 0.6) is 0 Å². The zero-order chi connectivity index (χ0) is 22.9. The summed E-state index contributed by atoms with van der Waals surface area (Å²) in [5, 5.41) is 15.0. The van der Waals surface area contributed by atoms with Crippen LogP contribution >= 0.6 is 11.8 Å². The number of likely N-dealkylation sites (tertiary alicyclic amines) is 2. The van der Waals surface area contributed by atoms with E-state index in [-0.39, 0.29) is 17.7 Å². The fraction of sp³-hybridized carbons (Fsp3) is 0.783. The van der Waals surface area contributed by atoms with Crippen LogP contribution in [0.3, 0.4) is 0 Å². The molecule has 0 aromatic carbocycles. The van der Waals surface area contributed by atoms with Gasteiger partial charge in [0.25, 0.3) is 0 Å². The van der Waals surface area contributed by atoms with E-state index >= 15 is 0 Å². The Morgan fingerprint density at radius 1 is 1.25 bits per heavy atom. The van der Waals surface area contributed by atoms with Crippen molar-refractivity contribution in [2.45, 2.75) is 63.4 Å². The maximum Gasteiger partial charge on any atom is 0.394 e. The first-order valence-electron chi connectivity index (χ1n) is 11.7. The van der Waals surface area contributed by atoms with Gasteiger partial charge in [-0.15, -0.1) is 11.8 Å². The molecule has 4 aliphatic rings. The highest BCUT2D eigenvalue weighted by Crippen LogP contribution is 2.45. The number of allylic oxidation sites excluding steroid dienone is 1. The van der Waals surface area contributed by atoms with Crippen LogP contribution in [-0.4, -0.2) is 65.1 Å². The zero-order valence-corrected chi connectivity index (χ0v) is 19.5. The van der Waals surface area contributed by atoms with E-state index in [2.05, 4.69) is 15.6 Å². The third kappa shape index (κ3) is 4.93. The lowest BCUT2D eigenvalue weighted by atomic mass is 9.77. The minimum absolute atomic E-state index is 0.186. The molecule has 9 heteroatoms. The quantitative estimate of drug-likeness (QED) is 0.609. The van der Waals surface area contributed by atoms with Crippen molar-refractivity contribution < 1.29 is 23.1 Å². The van der Waals surface area contributed by atoms with E-state index in [0.717, 1.165) is 32.4 Å². The summed E-state index contributed by atoms with van der Waals surface area (Å²) in [5.74, 6) is -2.79. The number of nitrogens with zero attached hydrogens (tertiary/aromatic N) is 2. The molecule has 3 heterocycles. The predicted octanol–water partition coefficient (Wildman–Crippen LogP) is 4.07. The van der Waals surface area contributed by atoms with Crippen LogP contribution in [0.1, 0.15) is 51.9 Å². The maximum absolute atomic E-state index is 13.0. The van der Waals surface area contributed by atoms with Gasteiger partial charge in [-0.25, -0.2) is 0 Å². The van der Waals surface area contributed by atoms with Crippen molar-refractivity contribution in [1.82, 2.24) is 15.1 Å². The van der Waals surface area contributed by atoms with Gasteiger partial charge in [-0.1, -0.05) is 6.92 Å². The number of thioether (sulfide) groups is 1. The Bertz CT molecular complexity index is 748. The molecule has 3 aliphatic heterocycles. The van der Waals surface area contributed by atoms with Gasteiger partial charge in [-0.05, 0) is 61.3 Å². The van der Waals surface area contributed by atoms with Crippen LogP contribution in [0.25, 0.3) is 0 Å². The smallest absolute Gasteiger partial charge is 0.394 e. The van der Waals surface area contributed by atoms with Gasteiger partial charge in [0.15, 0.2) is 0 Å². The molecule has 0 aromatic rings. The van der Waals surface area contributed by atoms with Crippen LogP contribution in [0.4, 0.5) is 13.2 Å². The first-order valence-corrected chi connectivity index (χ1v) is 12.7. The maximum atomic E-state index is 13.0. The number of aliphatic hydroxyl groups excluding tert-OH is 1. The molecule has 0 aromatic heterocycles. The minimum Gasteiger partial charge on any atom is -0.396 e. The number of aliphatic hydroxyl groups is 1. The molecule has 3 unspecified atom stereocenters. The Kier molecular flexibility index (Phi) is 7.05. The number of alkyl halides is 3. The third-order valence-electron chi connectivity index (χ3n) is 7.76. The van der Waals surface area contributed by atoms with E-state index in [1.807, 2.05) is 18.0 Å². The van der Waals surface area contributed by atoms with Crippen molar-refractivity contribution >= 4 is 17.7 Å². The standard InChI is InChI=1S/C23H34F3N3O2S/c1-16(13-18(14-30)23(24,25)26)21(31)28-9-5-22(6-10-28)7-11-29(15-22)19(17-3-2-4-17)20-27-8-12-32-20/h8,12,16,18,20,27,30H,2-7,9-11,13-15H2,1H3. The van der Waals surface area contributed by atoms with Gasteiger partial charge in [-0.2, -0.15) is 13.2 Å². The molecule has 1 aliphatic carbocycles. The second-order valence-corrected chi connectivity index (χ2v) is 10.9. The lowest BCUT2D eigenvalue weighted by Crippen LogP contribution is -2.46. The van der Waals surface area contributed by atoms with E-state index in [1.54, 1.807) is 17.4 Å². The summed E-state index contributed by atoms with van der Waals surface area (Å²) < 4.78 is 39.0. The average Bonchev–Trinajstić information content (AvgIpc) is 3.38. The predicted molar refractivity (Wildman–Crippen MR) is 119 cm³/mol. The zero-order valence-electron chi connectivity index (χ0n) is 18.7. The van der Waals surface area contributed by atoms with E-state index in [0.29, 0.717) is 18.5 Å². The normalized spacial score (nSPS) is 26.8. The van der Waals surface area contributed by atoms with E-state index in [9.17, 15) is 18.0 Å². The molecule has 1 saturated carbocycles. The summed E-state index contributed by atoms with van der Waals surface area (Å²) in [5.41, 5.74) is 3.21. The summed E-state index contributed by atoms with van der Waals surface area (Å²) in [4.78, 5) is 17.1. The number of carbonyl (C=O) groups is 1. The average molecular weight is 474 g/mol. The molecule has 2 N–H and O–H groups in total. The SMILES string of the molecule is CC(CC(CO)C(F)(F)F)C(=O)N1CCC2(CC1)CCN(C(=C1CCC1)C1NC=CS1)C2. The number of nitrogens with one attached hydrogen (secondary N) is 1. The Morgan fingerprint density at radius 2 is 1.91 bits per heavy atom. The molecular formula is C23H34F3N3O2S. The van der Waals surface area contributed by atoms with Crippen molar-refractivity contribution in [3.8, 4) is 0 Å². The van der Waals surface area contributed by atoms with Crippen molar-refractivity contribution in [1.29, 1.82) is 0 Å². The number of halogens is 3. The van der Waals surface area contributed by atoms with Crippen LogP contribution in [0.2, 0.25) is 0 Å². The Balaban J connectivity index is 1.33. The lowest BCUT2D eigenvalue weighted by molar-refractivity contribution is -0.189. The summed E-state index contributed by atoms with van der Waals surface area (Å²) in [6, 6.07) is 0. The second-order valence-electron chi connectivity index (χ2n) is 9.88. The van der Waals surface area contributed by atoms with Crippen molar-refractivity contribution in [3.63, 3.8) is 0 Å². The van der Waals surface area contributed by atoms with Gasteiger partial charge in [-0.3, -0.25) is 4.79 Å².